The van der Waals surface area contributed by atoms with Crippen molar-refractivity contribution in [2.45, 2.75) is 19.4 Å². The summed E-state index contributed by atoms with van der Waals surface area (Å²) in [5.41, 5.74) is 4.10. The lowest BCUT2D eigenvalue weighted by Gasteiger charge is -1.99. The van der Waals surface area contributed by atoms with Gasteiger partial charge in [-0.15, -0.1) is 0 Å². The van der Waals surface area contributed by atoms with Gasteiger partial charge < -0.3 is 20.7 Å². The second kappa shape index (κ2) is 9.22. The second-order valence-electron chi connectivity index (χ2n) is 2.21. The van der Waals surface area contributed by atoms with Crippen LogP contribution in [0.3, 0.4) is 0 Å². The third kappa shape index (κ3) is 15.4. The van der Waals surface area contributed by atoms with Crippen LogP contribution in [0, 0.1) is 0 Å². The first kappa shape index (κ1) is 16.1. The van der Waals surface area contributed by atoms with Gasteiger partial charge in [0.15, 0.2) is 0 Å². The molecule has 15 heavy (non-hydrogen) atoms. The Morgan fingerprint density at radius 2 is 1.87 bits per heavy atom. The number of hydrogen-bond acceptors (Lipinski definition) is 5. The first-order valence-electron chi connectivity index (χ1n) is 3.83. The van der Waals surface area contributed by atoms with Gasteiger partial charge in [-0.1, -0.05) is 0 Å². The van der Waals surface area contributed by atoms with Crippen LogP contribution in [0.1, 0.15) is 13.3 Å². The summed E-state index contributed by atoms with van der Waals surface area (Å²) in [6, 6.07) is -1.29. The molecule has 0 amide bonds. The summed E-state index contributed by atoms with van der Waals surface area (Å²) in [5, 5.41) is 16.0. The second-order valence-corrected chi connectivity index (χ2v) is 2.52. The van der Waals surface area contributed by atoms with E-state index in [4.69, 9.17) is 27.5 Å². The maximum atomic E-state index is 9.85. The summed E-state index contributed by atoms with van der Waals surface area (Å²) in [6.45, 7) is 2.04. The van der Waals surface area contributed by atoms with Crippen molar-refractivity contribution >= 4 is 29.0 Å². The van der Waals surface area contributed by atoms with Crippen molar-refractivity contribution in [3.8, 4) is 0 Å². The average molecular weight is 242 g/mol. The molecule has 0 aromatic carbocycles. The maximum absolute atomic E-state index is 9.85. The van der Waals surface area contributed by atoms with Gasteiger partial charge in [-0.25, -0.2) is 4.79 Å². The SMILES string of the molecule is CCOC(=O)Cl.NC(CC(=O)O)C(=O)O. The molecule has 0 aromatic heterocycles. The highest BCUT2D eigenvalue weighted by molar-refractivity contribution is 6.61. The quantitative estimate of drug-likeness (QED) is 0.602. The number of carbonyl (C=O) groups excluding carboxylic acids is 1. The summed E-state index contributed by atoms with van der Waals surface area (Å²) in [6.07, 6.45) is -0.532. The molecule has 8 heteroatoms. The van der Waals surface area contributed by atoms with Gasteiger partial charge in [-0.05, 0) is 6.92 Å². The third-order valence-corrected chi connectivity index (χ3v) is 1.08. The van der Waals surface area contributed by atoms with E-state index in [-0.39, 0.29) is 0 Å². The van der Waals surface area contributed by atoms with E-state index in [1.54, 1.807) is 6.92 Å². The number of aliphatic carboxylic acids is 2. The first-order valence-corrected chi connectivity index (χ1v) is 4.21. The number of halogens is 1. The van der Waals surface area contributed by atoms with Crippen molar-refractivity contribution in [2.75, 3.05) is 6.61 Å². The molecular weight excluding hydrogens is 230 g/mol. The van der Waals surface area contributed by atoms with E-state index >= 15 is 0 Å². The average Bonchev–Trinajstić information content (AvgIpc) is 2.03. The van der Waals surface area contributed by atoms with Crippen LogP contribution in [0.5, 0.6) is 0 Å². The van der Waals surface area contributed by atoms with Crippen LogP contribution in [0.2, 0.25) is 0 Å². The van der Waals surface area contributed by atoms with Crippen LogP contribution >= 0.6 is 11.6 Å². The van der Waals surface area contributed by atoms with Crippen molar-refractivity contribution in [1.82, 2.24) is 0 Å². The Kier molecular flexibility index (Phi) is 9.90. The van der Waals surface area contributed by atoms with Crippen LogP contribution in [0.25, 0.3) is 0 Å². The number of rotatable bonds is 4. The van der Waals surface area contributed by atoms with E-state index < -0.39 is 29.8 Å². The molecule has 88 valence electrons. The topological polar surface area (TPSA) is 127 Å². The largest absolute Gasteiger partial charge is 0.481 e. The van der Waals surface area contributed by atoms with Gasteiger partial charge in [-0.2, -0.15) is 0 Å². The van der Waals surface area contributed by atoms with E-state index in [0.717, 1.165) is 0 Å². The van der Waals surface area contributed by atoms with Gasteiger partial charge in [0.2, 0.25) is 0 Å². The molecule has 0 spiro atoms. The molecule has 0 aromatic rings. The minimum absolute atomic E-state index is 0.350. The molecule has 1 unspecified atom stereocenters. The Balaban J connectivity index is 0. The lowest BCUT2D eigenvalue weighted by molar-refractivity contribution is -0.144. The fourth-order valence-corrected chi connectivity index (χ4v) is 0.498. The molecule has 0 radical (unpaired) electrons. The molecule has 0 aliphatic heterocycles. The van der Waals surface area contributed by atoms with Gasteiger partial charge in [0.25, 0.3) is 0 Å². The number of carboxylic acid groups (broad SMARTS) is 2. The monoisotopic (exact) mass is 241 g/mol. The van der Waals surface area contributed by atoms with E-state index in [0.29, 0.717) is 6.61 Å². The molecule has 0 rings (SSSR count). The number of carbonyl (C=O) groups is 3. The van der Waals surface area contributed by atoms with E-state index in [9.17, 15) is 14.4 Å². The molecule has 0 saturated heterocycles. The highest BCUT2D eigenvalue weighted by atomic mass is 35.5. The van der Waals surface area contributed by atoms with Crippen LogP contribution < -0.4 is 5.73 Å². The molecule has 0 fully saturated rings. The van der Waals surface area contributed by atoms with Crippen molar-refractivity contribution in [3.05, 3.63) is 0 Å². The van der Waals surface area contributed by atoms with Crippen LogP contribution in [-0.2, 0) is 14.3 Å². The van der Waals surface area contributed by atoms with Gasteiger partial charge in [0.1, 0.15) is 6.04 Å². The predicted molar refractivity (Wildman–Crippen MR) is 50.7 cm³/mol. The van der Waals surface area contributed by atoms with Crippen LogP contribution in [0.15, 0.2) is 0 Å². The van der Waals surface area contributed by atoms with Crippen molar-refractivity contribution < 1.29 is 29.3 Å². The minimum atomic E-state index is -1.29. The first-order chi connectivity index (χ1) is 6.81. The fraction of sp³-hybridized carbons (Fsp3) is 0.571. The Morgan fingerprint density at radius 3 is 1.93 bits per heavy atom. The Bertz CT molecular complexity index is 232. The molecule has 4 N–H and O–H groups in total. The molecule has 0 aliphatic rings. The maximum Gasteiger partial charge on any atom is 0.403 e. The zero-order valence-corrected chi connectivity index (χ0v) is 8.73. The number of nitrogens with two attached hydrogens (primary N) is 1. The standard InChI is InChI=1S/C4H7NO4.C3H5ClO2/c5-2(4(8)9)1-3(6)7;1-2-6-3(4)5/h2H,1,5H2,(H,6,7)(H,8,9);2H2,1H3. The van der Waals surface area contributed by atoms with Crippen molar-refractivity contribution in [1.29, 1.82) is 0 Å². The zero-order chi connectivity index (χ0) is 12.4. The van der Waals surface area contributed by atoms with Crippen LogP contribution in [-0.4, -0.2) is 40.2 Å². The predicted octanol–water partition coefficient (Wildman–Crippen LogP) is 0.255. The number of ether oxygens (including phenoxy) is 1. The smallest absolute Gasteiger partial charge is 0.403 e. The molecular formula is C7H12ClNO6. The zero-order valence-electron chi connectivity index (χ0n) is 7.97. The Morgan fingerprint density at radius 1 is 1.40 bits per heavy atom. The summed E-state index contributed by atoms with van der Waals surface area (Å²) in [4.78, 5) is 29.2. The Hall–Kier alpha value is -1.34. The summed E-state index contributed by atoms with van der Waals surface area (Å²) >= 11 is 4.72. The highest BCUT2D eigenvalue weighted by Crippen LogP contribution is 1.86. The summed E-state index contributed by atoms with van der Waals surface area (Å²) in [5.74, 6) is -2.50. The summed E-state index contributed by atoms with van der Waals surface area (Å²) in [7, 11) is 0. The molecule has 7 nitrogen and oxygen atoms in total. The van der Waals surface area contributed by atoms with Gasteiger partial charge >= 0.3 is 17.4 Å². The number of hydrogen-bond donors (Lipinski definition) is 3. The summed E-state index contributed by atoms with van der Waals surface area (Å²) < 4.78 is 4.17. The van der Waals surface area contributed by atoms with E-state index in [2.05, 4.69) is 4.74 Å². The van der Waals surface area contributed by atoms with Crippen molar-refractivity contribution in [2.24, 2.45) is 5.73 Å². The highest BCUT2D eigenvalue weighted by Gasteiger charge is 2.14. The Labute approximate surface area is 90.8 Å². The lowest BCUT2D eigenvalue weighted by atomic mass is 10.2. The minimum Gasteiger partial charge on any atom is -0.481 e. The van der Waals surface area contributed by atoms with Gasteiger partial charge in [-0.3, -0.25) is 9.59 Å². The molecule has 1 atom stereocenters. The molecule has 0 aliphatic carbocycles. The fourth-order valence-electron chi connectivity index (χ4n) is 0.389. The molecule has 0 heterocycles. The van der Waals surface area contributed by atoms with E-state index in [1.807, 2.05) is 0 Å². The third-order valence-electron chi connectivity index (χ3n) is 0.970. The van der Waals surface area contributed by atoms with Crippen LogP contribution in [0.4, 0.5) is 4.79 Å². The van der Waals surface area contributed by atoms with Gasteiger partial charge in [0.05, 0.1) is 13.0 Å². The molecule has 0 saturated carbocycles. The molecule has 0 bridgehead atoms. The number of carboxylic acids is 2. The van der Waals surface area contributed by atoms with E-state index in [1.165, 1.54) is 0 Å². The van der Waals surface area contributed by atoms with Crippen molar-refractivity contribution in [3.63, 3.8) is 0 Å². The van der Waals surface area contributed by atoms with Gasteiger partial charge in [0, 0.05) is 11.6 Å². The lowest BCUT2D eigenvalue weighted by Crippen LogP contribution is -2.32. The normalized spacial score (nSPS) is 10.6.